The average molecular weight is 502 g/mol. The van der Waals surface area contributed by atoms with Crippen LogP contribution >= 0.6 is 0 Å². The number of benzene rings is 4. The van der Waals surface area contributed by atoms with Crippen LogP contribution in [0.5, 0.6) is 0 Å². The molecule has 0 saturated carbocycles. The van der Waals surface area contributed by atoms with Crippen molar-refractivity contribution in [2.45, 2.75) is 24.3 Å². The predicted molar refractivity (Wildman–Crippen MR) is 143 cm³/mol. The third-order valence-electron chi connectivity index (χ3n) is 5.74. The Morgan fingerprint density at radius 3 is 2.11 bits per heavy atom. The van der Waals surface area contributed by atoms with Gasteiger partial charge in [-0.05, 0) is 60.9 Å². The maximum atomic E-state index is 13.4. The second kappa shape index (κ2) is 11.7. The smallest absolute Gasteiger partial charge is 0.240 e. The molecule has 0 fully saturated rings. The third-order valence-corrected chi connectivity index (χ3v) is 7.22. The van der Waals surface area contributed by atoms with Crippen LogP contribution in [-0.2, 0) is 10.0 Å². The Bertz CT molecular complexity index is 1380. The molecule has 0 aliphatic carbocycles. The number of anilines is 1. The highest BCUT2D eigenvalue weighted by Gasteiger charge is 2.22. The average Bonchev–Trinajstić information content (AvgIpc) is 2.90. The van der Waals surface area contributed by atoms with Gasteiger partial charge in [-0.25, -0.2) is 17.5 Å². The van der Waals surface area contributed by atoms with Gasteiger partial charge in [-0.1, -0.05) is 78.4 Å². The van der Waals surface area contributed by atoms with E-state index >= 15 is 0 Å². The fourth-order valence-electron chi connectivity index (χ4n) is 3.82. The highest BCUT2D eigenvalue weighted by atomic mass is 32.2. The van der Waals surface area contributed by atoms with E-state index in [-0.39, 0.29) is 23.3 Å². The Hall–Kier alpha value is -3.81. The summed E-state index contributed by atoms with van der Waals surface area (Å²) in [6.07, 6.45) is 2.14. The number of para-hydroxylation sites is 1. The number of nitrogens with one attached hydrogen (secondary N) is 1. The van der Waals surface area contributed by atoms with Crippen LogP contribution in [0.2, 0.25) is 0 Å². The zero-order valence-electron chi connectivity index (χ0n) is 20.0. The molecule has 5 nitrogen and oxygen atoms in total. The topological polar surface area (TPSA) is 61.8 Å². The molecule has 0 aromatic heterocycles. The molecule has 0 radical (unpaired) electrons. The fourth-order valence-corrected chi connectivity index (χ4v) is 4.87. The molecule has 4 aromatic carbocycles. The van der Waals surface area contributed by atoms with E-state index in [4.69, 9.17) is 5.10 Å². The van der Waals surface area contributed by atoms with Gasteiger partial charge < -0.3 is 0 Å². The van der Waals surface area contributed by atoms with Crippen LogP contribution in [0.1, 0.15) is 29.2 Å². The summed E-state index contributed by atoms with van der Waals surface area (Å²) in [6.45, 7) is 2.13. The second-order valence-electron chi connectivity index (χ2n) is 8.40. The zero-order chi connectivity index (χ0) is 25.4. The molecule has 1 unspecified atom stereocenters. The van der Waals surface area contributed by atoms with Gasteiger partial charge in [0.2, 0.25) is 10.0 Å². The minimum Gasteiger partial charge on any atom is -0.258 e. The molecule has 1 N–H and O–H groups in total. The lowest BCUT2D eigenvalue weighted by molar-refractivity contribution is 0.555. The van der Waals surface area contributed by atoms with Gasteiger partial charge in [0.25, 0.3) is 0 Å². The first-order chi connectivity index (χ1) is 17.4. The SMILES string of the molecule is Cc1ccc(S(=O)(=O)NCCC(c2ccccc2)N(/N=C/c2ccc(F)cc2)c2ccccc2)cc1. The van der Waals surface area contributed by atoms with Crippen molar-refractivity contribution >= 4 is 21.9 Å². The van der Waals surface area contributed by atoms with Crippen LogP contribution in [0.25, 0.3) is 0 Å². The van der Waals surface area contributed by atoms with E-state index in [9.17, 15) is 12.8 Å². The molecule has 4 rings (SSSR count). The summed E-state index contributed by atoms with van der Waals surface area (Å²) in [6, 6.07) is 32.2. The van der Waals surface area contributed by atoms with Gasteiger partial charge in [-0.3, -0.25) is 5.01 Å². The first kappa shape index (κ1) is 25.3. The van der Waals surface area contributed by atoms with Crippen molar-refractivity contribution < 1.29 is 12.8 Å². The Morgan fingerprint density at radius 1 is 0.861 bits per heavy atom. The summed E-state index contributed by atoms with van der Waals surface area (Å²) in [5.41, 5.74) is 3.60. The van der Waals surface area contributed by atoms with Crippen LogP contribution in [0.3, 0.4) is 0 Å². The molecule has 0 spiro atoms. The molecular formula is C29H28FN3O2S. The number of hydrogen-bond acceptors (Lipinski definition) is 4. The highest BCUT2D eigenvalue weighted by Crippen LogP contribution is 2.30. The Kier molecular flexibility index (Phi) is 8.25. The van der Waals surface area contributed by atoms with Gasteiger partial charge in [-0.2, -0.15) is 5.10 Å². The van der Waals surface area contributed by atoms with E-state index in [2.05, 4.69) is 4.72 Å². The summed E-state index contributed by atoms with van der Waals surface area (Å²) in [4.78, 5) is 0.235. The Balaban J connectivity index is 1.62. The van der Waals surface area contributed by atoms with Crippen molar-refractivity contribution in [1.29, 1.82) is 0 Å². The zero-order valence-corrected chi connectivity index (χ0v) is 20.8. The minimum absolute atomic E-state index is 0.213. The summed E-state index contributed by atoms with van der Waals surface area (Å²) in [5, 5.41) is 6.64. The molecule has 0 amide bonds. The van der Waals surface area contributed by atoms with Gasteiger partial charge in [0, 0.05) is 6.54 Å². The van der Waals surface area contributed by atoms with E-state index in [1.165, 1.54) is 12.1 Å². The number of hydrazone groups is 1. The van der Waals surface area contributed by atoms with Crippen molar-refractivity contribution in [3.63, 3.8) is 0 Å². The maximum absolute atomic E-state index is 13.4. The number of hydrogen-bond donors (Lipinski definition) is 1. The van der Waals surface area contributed by atoms with Crippen LogP contribution in [0, 0.1) is 12.7 Å². The van der Waals surface area contributed by atoms with Crippen molar-refractivity contribution in [1.82, 2.24) is 4.72 Å². The van der Waals surface area contributed by atoms with Crippen molar-refractivity contribution in [3.8, 4) is 0 Å². The Morgan fingerprint density at radius 2 is 1.47 bits per heavy atom. The molecule has 0 bridgehead atoms. The first-order valence-corrected chi connectivity index (χ1v) is 13.2. The van der Waals surface area contributed by atoms with Gasteiger partial charge >= 0.3 is 0 Å². The molecule has 0 saturated heterocycles. The van der Waals surface area contributed by atoms with Gasteiger partial charge in [-0.15, -0.1) is 0 Å². The van der Waals surface area contributed by atoms with Crippen molar-refractivity contribution in [2.75, 3.05) is 11.6 Å². The van der Waals surface area contributed by atoms with E-state index in [1.807, 2.05) is 72.6 Å². The monoisotopic (exact) mass is 501 g/mol. The van der Waals surface area contributed by atoms with Gasteiger partial charge in [0.15, 0.2) is 0 Å². The van der Waals surface area contributed by atoms with Crippen molar-refractivity contribution in [2.24, 2.45) is 5.10 Å². The van der Waals surface area contributed by atoms with Gasteiger partial charge in [0.1, 0.15) is 5.82 Å². The molecule has 0 aliphatic rings. The van der Waals surface area contributed by atoms with E-state index in [0.29, 0.717) is 6.42 Å². The fraction of sp³-hybridized carbons (Fsp3) is 0.138. The number of rotatable bonds is 10. The highest BCUT2D eigenvalue weighted by molar-refractivity contribution is 7.89. The summed E-state index contributed by atoms with van der Waals surface area (Å²) < 4.78 is 41.8. The second-order valence-corrected chi connectivity index (χ2v) is 10.2. The molecule has 4 aromatic rings. The molecule has 0 heterocycles. The van der Waals surface area contributed by atoms with Crippen LogP contribution in [-0.4, -0.2) is 21.2 Å². The number of aryl methyl sites for hydroxylation is 1. The predicted octanol–water partition coefficient (Wildman–Crippen LogP) is 6.08. The van der Waals surface area contributed by atoms with Crippen molar-refractivity contribution in [3.05, 3.63) is 132 Å². The number of sulfonamides is 1. The standard InChI is InChI=1S/C29H28FN3O2S/c1-23-12-18-28(19-13-23)36(34,35)32-21-20-29(25-8-4-2-5-9-25)33(27-10-6-3-7-11-27)31-22-24-14-16-26(30)17-15-24/h2-19,22,29,32H,20-21H2,1H3/b31-22+. The summed E-state index contributed by atoms with van der Waals surface area (Å²) in [5.74, 6) is -0.310. The molecular weight excluding hydrogens is 473 g/mol. The molecule has 184 valence electrons. The quantitative estimate of drug-likeness (QED) is 0.211. The normalized spacial score (nSPS) is 12.5. The molecule has 7 heteroatoms. The maximum Gasteiger partial charge on any atom is 0.240 e. The Labute approximate surface area is 212 Å². The lowest BCUT2D eigenvalue weighted by Gasteiger charge is -2.30. The number of halogens is 1. The van der Waals surface area contributed by atoms with Crippen LogP contribution in [0.4, 0.5) is 10.1 Å². The summed E-state index contributed by atoms with van der Waals surface area (Å²) >= 11 is 0. The molecule has 1 atom stereocenters. The largest absolute Gasteiger partial charge is 0.258 e. The third kappa shape index (κ3) is 6.65. The minimum atomic E-state index is -3.65. The lowest BCUT2D eigenvalue weighted by atomic mass is 10.0. The van der Waals surface area contributed by atoms with Gasteiger partial charge in [0.05, 0.1) is 22.8 Å². The lowest BCUT2D eigenvalue weighted by Crippen LogP contribution is -2.30. The number of nitrogens with zero attached hydrogens (tertiary/aromatic N) is 2. The molecule has 36 heavy (non-hydrogen) atoms. The summed E-state index contributed by atoms with van der Waals surface area (Å²) in [7, 11) is -3.65. The first-order valence-electron chi connectivity index (χ1n) is 11.7. The van der Waals surface area contributed by atoms with E-state index in [0.717, 1.165) is 22.4 Å². The van der Waals surface area contributed by atoms with Crippen LogP contribution < -0.4 is 9.73 Å². The van der Waals surface area contributed by atoms with Crippen LogP contribution in [0.15, 0.2) is 119 Å². The van der Waals surface area contributed by atoms with E-state index in [1.54, 1.807) is 42.6 Å². The molecule has 0 aliphatic heterocycles. The van der Waals surface area contributed by atoms with E-state index < -0.39 is 10.0 Å².